The van der Waals surface area contributed by atoms with Crippen LogP contribution in [0, 0.1) is 0 Å². The molecule has 86 valence electrons. The van der Waals surface area contributed by atoms with Crippen molar-refractivity contribution < 1.29 is 13.2 Å². The summed E-state index contributed by atoms with van der Waals surface area (Å²) in [6.45, 7) is 1.47. The third-order valence-electron chi connectivity index (χ3n) is 1.81. The minimum Gasteiger partial charge on any atom is -0.324 e. The van der Waals surface area contributed by atoms with Crippen LogP contribution < -0.4 is 5.73 Å². The summed E-state index contributed by atoms with van der Waals surface area (Å²) in [5.41, 5.74) is 4.61. The Balaban J connectivity index is 0.00000196. The van der Waals surface area contributed by atoms with Crippen molar-refractivity contribution >= 4 is 24.0 Å². The van der Waals surface area contributed by atoms with E-state index in [1.807, 2.05) is 0 Å². The summed E-state index contributed by atoms with van der Waals surface area (Å²) < 4.78 is 37.4. The molecule has 0 aromatic heterocycles. The molecule has 0 radical (unpaired) electrons. The molecule has 0 fully saturated rings. The second kappa shape index (κ2) is 5.05. The Morgan fingerprint density at radius 3 is 2.20 bits per heavy atom. The highest BCUT2D eigenvalue weighted by atomic mass is 35.5. The van der Waals surface area contributed by atoms with Gasteiger partial charge in [0.05, 0.1) is 5.56 Å². The van der Waals surface area contributed by atoms with Crippen molar-refractivity contribution in [1.82, 2.24) is 0 Å². The van der Waals surface area contributed by atoms with Crippen LogP contribution in [0.3, 0.4) is 0 Å². The molecule has 0 aliphatic rings. The van der Waals surface area contributed by atoms with Gasteiger partial charge in [0.2, 0.25) is 0 Å². The molecule has 0 amide bonds. The number of benzene rings is 1. The lowest BCUT2D eigenvalue weighted by Gasteiger charge is -2.16. The maximum Gasteiger partial charge on any atom is 0.416 e. The fourth-order valence-corrected chi connectivity index (χ4v) is 1.59. The van der Waals surface area contributed by atoms with Crippen LogP contribution in [0.5, 0.6) is 0 Å². The minimum absolute atomic E-state index is 0. The van der Waals surface area contributed by atoms with Gasteiger partial charge in [-0.3, -0.25) is 0 Å². The van der Waals surface area contributed by atoms with E-state index in [0.29, 0.717) is 0 Å². The Morgan fingerprint density at radius 2 is 1.87 bits per heavy atom. The lowest BCUT2D eigenvalue weighted by atomic mass is 10.0. The van der Waals surface area contributed by atoms with Crippen molar-refractivity contribution in [1.29, 1.82) is 0 Å². The summed E-state index contributed by atoms with van der Waals surface area (Å²) in [7, 11) is 0. The molecule has 1 nitrogen and oxygen atoms in total. The van der Waals surface area contributed by atoms with Crippen LogP contribution in [-0.2, 0) is 6.18 Å². The van der Waals surface area contributed by atoms with Crippen LogP contribution in [0.4, 0.5) is 13.2 Å². The third kappa shape index (κ3) is 3.26. The smallest absolute Gasteiger partial charge is 0.324 e. The minimum atomic E-state index is -4.41. The van der Waals surface area contributed by atoms with E-state index in [0.717, 1.165) is 6.07 Å². The van der Waals surface area contributed by atoms with Crippen LogP contribution >= 0.6 is 24.0 Å². The first-order valence-electron chi connectivity index (χ1n) is 3.95. The quantitative estimate of drug-likeness (QED) is 0.816. The Morgan fingerprint density at radius 1 is 1.33 bits per heavy atom. The van der Waals surface area contributed by atoms with E-state index in [1.54, 1.807) is 0 Å². The molecular weight excluding hydrogens is 250 g/mol. The van der Waals surface area contributed by atoms with E-state index in [9.17, 15) is 13.2 Å². The largest absolute Gasteiger partial charge is 0.416 e. The molecule has 0 saturated carbocycles. The van der Waals surface area contributed by atoms with Crippen molar-refractivity contribution in [2.45, 2.75) is 19.1 Å². The molecule has 0 heterocycles. The molecule has 0 spiro atoms. The van der Waals surface area contributed by atoms with Crippen LogP contribution in [0.1, 0.15) is 24.1 Å². The highest BCUT2D eigenvalue weighted by Gasteiger charge is 2.34. The van der Waals surface area contributed by atoms with Gasteiger partial charge in [-0.05, 0) is 24.6 Å². The Bertz CT molecular complexity index is 337. The fraction of sp³-hybridized carbons (Fsp3) is 0.333. The van der Waals surface area contributed by atoms with Gasteiger partial charge >= 0.3 is 6.18 Å². The van der Waals surface area contributed by atoms with Gasteiger partial charge in [0.1, 0.15) is 0 Å². The molecule has 1 atom stereocenters. The zero-order valence-electron chi connectivity index (χ0n) is 7.81. The summed E-state index contributed by atoms with van der Waals surface area (Å²) in [5, 5.41) is 0.0508. The van der Waals surface area contributed by atoms with Crippen LogP contribution in [0.2, 0.25) is 5.02 Å². The fourth-order valence-electron chi connectivity index (χ4n) is 1.25. The molecule has 0 unspecified atom stereocenters. The topological polar surface area (TPSA) is 26.0 Å². The molecular formula is C9H10Cl2F3N. The normalized spacial score (nSPS) is 13.2. The summed E-state index contributed by atoms with van der Waals surface area (Å²) >= 11 is 5.65. The number of hydrogen-bond acceptors (Lipinski definition) is 1. The second-order valence-electron chi connectivity index (χ2n) is 2.99. The Hall–Kier alpha value is -0.450. The number of nitrogens with two attached hydrogens (primary N) is 1. The lowest BCUT2D eigenvalue weighted by molar-refractivity contribution is -0.138. The number of alkyl halides is 3. The van der Waals surface area contributed by atoms with Gasteiger partial charge in [0.15, 0.2) is 0 Å². The average Bonchev–Trinajstić information content (AvgIpc) is 2.01. The van der Waals surface area contributed by atoms with Gasteiger partial charge in [0.25, 0.3) is 0 Å². The summed E-state index contributed by atoms with van der Waals surface area (Å²) in [5.74, 6) is 0. The SMILES string of the molecule is C[C@@H](N)c1c(Cl)cccc1C(F)(F)F.Cl. The molecule has 1 aromatic carbocycles. The first-order chi connectivity index (χ1) is 6.34. The van der Waals surface area contributed by atoms with Gasteiger partial charge in [0, 0.05) is 11.1 Å². The van der Waals surface area contributed by atoms with Crippen LogP contribution in [0.25, 0.3) is 0 Å². The predicted molar refractivity (Wildman–Crippen MR) is 56.3 cm³/mol. The summed E-state index contributed by atoms with van der Waals surface area (Å²) in [6.07, 6.45) is -4.41. The van der Waals surface area contributed by atoms with E-state index >= 15 is 0 Å². The van der Waals surface area contributed by atoms with Crippen molar-refractivity contribution in [3.63, 3.8) is 0 Å². The van der Waals surface area contributed by atoms with Gasteiger partial charge < -0.3 is 5.73 Å². The molecule has 1 aromatic rings. The molecule has 15 heavy (non-hydrogen) atoms. The Kier molecular flexibility index (Phi) is 4.90. The molecule has 0 saturated heterocycles. The highest BCUT2D eigenvalue weighted by Crippen LogP contribution is 2.37. The number of halogens is 5. The molecule has 1 rings (SSSR count). The van der Waals surface area contributed by atoms with Gasteiger partial charge in [-0.2, -0.15) is 13.2 Å². The van der Waals surface area contributed by atoms with Gasteiger partial charge in [-0.1, -0.05) is 17.7 Å². The Labute approximate surface area is 96.8 Å². The highest BCUT2D eigenvalue weighted by molar-refractivity contribution is 6.31. The van der Waals surface area contributed by atoms with E-state index in [-0.39, 0.29) is 23.0 Å². The van der Waals surface area contributed by atoms with E-state index < -0.39 is 17.8 Å². The third-order valence-corrected chi connectivity index (χ3v) is 2.14. The van der Waals surface area contributed by atoms with Gasteiger partial charge in [-0.15, -0.1) is 12.4 Å². The van der Waals surface area contributed by atoms with Crippen molar-refractivity contribution in [3.05, 3.63) is 34.3 Å². The lowest BCUT2D eigenvalue weighted by Crippen LogP contribution is -2.15. The van der Waals surface area contributed by atoms with Gasteiger partial charge in [-0.25, -0.2) is 0 Å². The van der Waals surface area contributed by atoms with Crippen LogP contribution in [-0.4, -0.2) is 0 Å². The standard InChI is InChI=1S/C9H9ClF3N.ClH/c1-5(14)8-6(9(11,12)13)3-2-4-7(8)10;/h2-5H,14H2,1H3;1H/t5-;/m1./s1. The second-order valence-corrected chi connectivity index (χ2v) is 3.39. The first kappa shape index (κ1) is 14.5. The van der Waals surface area contributed by atoms with Crippen molar-refractivity contribution in [3.8, 4) is 0 Å². The summed E-state index contributed by atoms with van der Waals surface area (Å²) in [6, 6.07) is 2.90. The average molecular weight is 260 g/mol. The maximum absolute atomic E-state index is 12.5. The van der Waals surface area contributed by atoms with E-state index in [4.69, 9.17) is 17.3 Å². The number of rotatable bonds is 1. The zero-order valence-corrected chi connectivity index (χ0v) is 9.38. The molecule has 0 aliphatic heterocycles. The molecule has 6 heteroatoms. The summed E-state index contributed by atoms with van der Waals surface area (Å²) in [4.78, 5) is 0. The first-order valence-corrected chi connectivity index (χ1v) is 4.33. The molecule has 2 N–H and O–H groups in total. The van der Waals surface area contributed by atoms with E-state index in [2.05, 4.69) is 0 Å². The molecule has 0 bridgehead atoms. The van der Waals surface area contributed by atoms with Crippen molar-refractivity contribution in [2.24, 2.45) is 5.73 Å². The number of hydrogen-bond donors (Lipinski definition) is 1. The van der Waals surface area contributed by atoms with Crippen molar-refractivity contribution in [2.75, 3.05) is 0 Å². The monoisotopic (exact) mass is 259 g/mol. The zero-order chi connectivity index (χ0) is 10.9. The predicted octanol–water partition coefficient (Wildman–Crippen LogP) is 3.80. The maximum atomic E-state index is 12.5. The molecule has 0 aliphatic carbocycles. The van der Waals surface area contributed by atoms with Crippen LogP contribution in [0.15, 0.2) is 18.2 Å². The van der Waals surface area contributed by atoms with E-state index in [1.165, 1.54) is 19.1 Å².